The van der Waals surface area contributed by atoms with Gasteiger partial charge in [-0.2, -0.15) is 0 Å². The number of unbranched alkanes of at least 4 members (excludes halogenated alkanes) is 26. The number of hydrogen-bond acceptors (Lipinski definition) is 11. The molecule has 0 radical (unpaired) electrons. The lowest BCUT2D eigenvalue weighted by Gasteiger charge is -2.43. The van der Waals surface area contributed by atoms with Crippen LogP contribution in [0.3, 0.4) is 0 Å². The normalized spacial score (nSPS) is 20.0. The number of ether oxygens (including phenoxy) is 3. The predicted octanol–water partition coefficient (Wildman–Crippen LogP) is 10.2. The zero-order valence-electron chi connectivity index (χ0n) is 39.7. The van der Waals surface area contributed by atoms with Crippen LogP contribution in [0.5, 0.6) is 0 Å². The van der Waals surface area contributed by atoms with Crippen molar-refractivity contribution in [3.63, 3.8) is 0 Å². The van der Waals surface area contributed by atoms with Crippen LogP contribution in [0.25, 0.3) is 0 Å². The van der Waals surface area contributed by atoms with Gasteiger partial charge in [0.15, 0.2) is 12.4 Å². The Kier molecular flexibility index (Phi) is 36.3. The summed E-state index contributed by atoms with van der Waals surface area (Å²) in [6.45, 7) is 5.77. The highest BCUT2D eigenvalue weighted by Gasteiger charge is 2.50. The third kappa shape index (κ3) is 31.8. The molecular weight excluding hydrogens is 829 g/mol. The van der Waals surface area contributed by atoms with Crippen molar-refractivity contribution >= 4 is 25.7 Å². The fourth-order valence-corrected chi connectivity index (χ4v) is 8.74. The number of aliphatic hydroxyl groups is 3. The lowest BCUT2D eigenvalue weighted by molar-refractivity contribution is -0.254. The lowest BCUT2D eigenvalue weighted by Crippen LogP contribution is -2.65. The van der Waals surface area contributed by atoms with E-state index in [1.165, 1.54) is 103 Å². The molecule has 0 aromatic rings. The van der Waals surface area contributed by atoms with Crippen LogP contribution in [-0.2, 0) is 37.7 Å². The van der Waals surface area contributed by atoms with E-state index in [1.807, 2.05) is 0 Å². The molecule has 1 fully saturated rings. The minimum absolute atomic E-state index is 0.222. The number of carbonyl (C=O) groups is 3. The Balaban J connectivity index is 2.93. The maximum absolute atomic E-state index is 13.7. The van der Waals surface area contributed by atoms with Gasteiger partial charge in [0.05, 0.1) is 25.6 Å². The number of rotatable bonds is 42. The Morgan fingerprint density at radius 3 is 1.49 bits per heavy atom. The summed E-state index contributed by atoms with van der Waals surface area (Å²) in [7, 11) is -5.28. The summed E-state index contributed by atoms with van der Waals surface area (Å²) in [5, 5.41) is 34.3. The molecule has 7 atom stereocenters. The van der Waals surface area contributed by atoms with Crippen LogP contribution < -0.4 is 5.32 Å². The highest BCUT2D eigenvalue weighted by molar-refractivity contribution is 7.46. The van der Waals surface area contributed by atoms with Gasteiger partial charge in [0.2, 0.25) is 5.91 Å². The first-order chi connectivity index (χ1) is 30.3. The first kappa shape index (κ1) is 59.4. The zero-order valence-corrected chi connectivity index (χ0v) is 40.6. The highest BCUT2D eigenvalue weighted by atomic mass is 31.2. The average Bonchev–Trinajstić information content (AvgIpc) is 3.23. The van der Waals surface area contributed by atoms with E-state index in [2.05, 4.69) is 26.1 Å². The van der Waals surface area contributed by atoms with E-state index in [0.29, 0.717) is 32.1 Å². The van der Waals surface area contributed by atoms with Crippen LogP contribution in [0.4, 0.5) is 0 Å². The van der Waals surface area contributed by atoms with Gasteiger partial charge in [-0.3, -0.25) is 18.9 Å². The van der Waals surface area contributed by atoms with Gasteiger partial charge in [0.25, 0.3) is 0 Å². The number of carbonyl (C=O) groups excluding carboxylic acids is 3. The number of phosphoric acid groups is 1. The monoisotopic (exact) mass is 922 g/mol. The maximum atomic E-state index is 13.7. The topological polar surface area (TPSA) is 218 Å². The van der Waals surface area contributed by atoms with Gasteiger partial charge in [-0.1, -0.05) is 194 Å². The summed E-state index contributed by atoms with van der Waals surface area (Å²) in [4.78, 5) is 59.4. The molecule has 0 aromatic heterocycles. The van der Waals surface area contributed by atoms with E-state index >= 15 is 0 Å². The molecule has 6 N–H and O–H groups in total. The minimum Gasteiger partial charge on any atom is -0.462 e. The molecule has 1 rings (SSSR count). The smallest absolute Gasteiger partial charge is 0.462 e. The van der Waals surface area contributed by atoms with Gasteiger partial charge >= 0.3 is 19.8 Å². The fourth-order valence-electron chi connectivity index (χ4n) is 8.29. The highest BCUT2D eigenvalue weighted by Crippen LogP contribution is 2.41. The van der Waals surface area contributed by atoms with Gasteiger partial charge in [0.1, 0.15) is 24.4 Å². The van der Waals surface area contributed by atoms with E-state index in [4.69, 9.17) is 18.7 Å². The SMILES string of the molecule is CCCCCCCCCCCCCC(=O)O[C@H](CCCCCCCCCCC)CC(=O)N[C@H]1[C@@H](OP(=O)(O)O)O[C@H](CO)[C@@H](O)[C@@H]1OC(=O)C[C@H](O)CCCCCCCCCCC. The predicted molar refractivity (Wildman–Crippen MR) is 247 cm³/mol. The molecule has 372 valence electrons. The first-order valence-electron chi connectivity index (χ1n) is 25.4. The van der Waals surface area contributed by atoms with Crippen LogP contribution in [0.1, 0.15) is 239 Å². The van der Waals surface area contributed by atoms with Crippen molar-refractivity contribution in [2.45, 2.75) is 282 Å². The summed E-state index contributed by atoms with van der Waals surface area (Å²) in [6, 6.07) is -1.64. The second-order valence-electron chi connectivity index (χ2n) is 18.1. The number of nitrogens with one attached hydrogen (secondary N) is 1. The molecule has 0 spiro atoms. The maximum Gasteiger partial charge on any atom is 0.472 e. The van der Waals surface area contributed by atoms with Crippen LogP contribution >= 0.6 is 7.82 Å². The summed E-state index contributed by atoms with van der Waals surface area (Å²) >= 11 is 0. The average molecular weight is 922 g/mol. The Morgan fingerprint density at radius 2 is 1.05 bits per heavy atom. The van der Waals surface area contributed by atoms with E-state index in [1.54, 1.807) is 0 Å². The molecule has 0 aromatic carbocycles. The summed E-state index contributed by atoms with van der Waals surface area (Å²) in [5.74, 6) is -2.04. The van der Waals surface area contributed by atoms with E-state index in [0.717, 1.165) is 64.2 Å². The molecule has 1 saturated heterocycles. The fraction of sp³-hybridized carbons (Fsp3) is 0.938. The van der Waals surface area contributed by atoms with Crippen molar-refractivity contribution in [2.75, 3.05) is 6.61 Å². The Morgan fingerprint density at radius 1 is 0.619 bits per heavy atom. The van der Waals surface area contributed by atoms with Crippen molar-refractivity contribution in [3.8, 4) is 0 Å². The molecule has 0 saturated carbocycles. The van der Waals surface area contributed by atoms with Crippen LogP contribution in [0, 0.1) is 0 Å². The van der Waals surface area contributed by atoms with Gasteiger partial charge < -0.3 is 44.6 Å². The third-order valence-electron chi connectivity index (χ3n) is 12.1. The van der Waals surface area contributed by atoms with E-state index in [9.17, 15) is 44.1 Å². The first-order valence-corrected chi connectivity index (χ1v) is 26.9. The van der Waals surface area contributed by atoms with Crippen molar-refractivity contribution in [1.82, 2.24) is 5.32 Å². The molecule has 14 nitrogen and oxygen atoms in total. The van der Waals surface area contributed by atoms with Crippen molar-refractivity contribution < 1.29 is 62.8 Å². The van der Waals surface area contributed by atoms with E-state index in [-0.39, 0.29) is 12.8 Å². The number of esters is 2. The number of aliphatic hydroxyl groups excluding tert-OH is 3. The third-order valence-corrected chi connectivity index (χ3v) is 12.5. The number of amides is 1. The zero-order chi connectivity index (χ0) is 46.6. The summed E-state index contributed by atoms with van der Waals surface area (Å²) < 4.78 is 33.9. The van der Waals surface area contributed by atoms with Crippen LogP contribution in [0.15, 0.2) is 0 Å². The second kappa shape index (κ2) is 38.5. The summed E-state index contributed by atoms with van der Waals surface area (Å²) in [5.41, 5.74) is 0. The van der Waals surface area contributed by atoms with Crippen molar-refractivity contribution in [2.24, 2.45) is 0 Å². The molecule has 1 aliphatic heterocycles. The molecule has 1 amide bonds. The largest absolute Gasteiger partial charge is 0.472 e. The second-order valence-corrected chi connectivity index (χ2v) is 19.2. The molecule has 1 aliphatic rings. The standard InChI is InChI=1S/C48H92NO13P/c1-4-7-10-13-16-19-20-23-26-29-32-35-43(53)59-40(34-31-28-25-22-18-15-12-9-6-3)37-42(52)49-45-47(46(55)41(38-50)60-48(45)62-63(56,57)58)61-44(54)36-39(51)33-30-27-24-21-17-14-11-8-5-2/h39-41,45-48,50-51,55H,4-38H2,1-3H3,(H,49,52)(H2,56,57,58)/t39-,40-,41-,45-,46-,47-,48-/m1/s1. The summed E-state index contributed by atoms with van der Waals surface area (Å²) in [6.07, 6.45) is 23.7. The van der Waals surface area contributed by atoms with Gasteiger partial charge in [-0.15, -0.1) is 0 Å². The molecule has 1 heterocycles. The van der Waals surface area contributed by atoms with E-state index < -0.39 is 81.5 Å². The Bertz CT molecular complexity index is 1190. The van der Waals surface area contributed by atoms with Crippen LogP contribution in [0.2, 0.25) is 0 Å². The van der Waals surface area contributed by atoms with Crippen molar-refractivity contribution in [3.05, 3.63) is 0 Å². The minimum atomic E-state index is -5.28. The number of phosphoric ester groups is 1. The quantitative estimate of drug-likeness (QED) is 0.0191. The Hall–Kier alpha value is -1.64. The lowest BCUT2D eigenvalue weighted by atomic mass is 9.96. The number of hydrogen-bond donors (Lipinski definition) is 6. The Labute approximate surface area is 381 Å². The van der Waals surface area contributed by atoms with Gasteiger partial charge in [0, 0.05) is 6.42 Å². The molecular formula is C48H92NO13P. The van der Waals surface area contributed by atoms with Crippen molar-refractivity contribution in [1.29, 1.82) is 0 Å². The van der Waals surface area contributed by atoms with Gasteiger partial charge in [-0.05, 0) is 25.7 Å². The molecule has 0 aliphatic carbocycles. The molecule has 0 bridgehead atoms. The molecule has 15 heteroatoms. The van der Waals surface area contributed by atoms with Crippen LogP contribution in [-0.4, -0.2) is 92.4 Å². The molecule has 0 unspecified atom stereocenters. The molecule has 63 heavy (non-hydrogen) atoms. The van der Waals surface area contributed by atoms with Gasteiger partial charge in [-0.25, -0.2) is 4.57 Å².